The zero-order valence-electron chi connectivity index (χ0n) is 13.4. The number of hydrogen-bond donors (Lipinski definition) is 1. The van der Waals surface area contributed by atoms with E-state index in [4.69, 9.17) is 0 Å². The summed E-state index contributed by atoms with van der Waals surface area (Å²) in [5.74, 6) is 1.55. The van der Waals surface area contributed by atoms with E-state index < -0.39 is 0 Å². The van der Waals surface area contributed by atoms with Crippen molar-refractivity contribution in [1.82, 2.24) is 10.2 Å². The van der Waals surface area contributed by atoms with E-state index in [1.165, 1.54) is 39.0 Å². The van der Waals surface area contributed by atoms with Gasteiger partial charge in [0.15, 0.2) is 0 Å². The molecule has 0 aromatic carbocycles. The molecule has 3 unspecified atom stereocenters. The Morgan fingerprint density at radius 3 is 2.50 bits per heavy atom. The predicted octanol–water partition coefficient (Wildman–Crippen LogP) is 3.38. The molecule has 1 heterocycles. The molecule has 0 saturated carbocycles. The van der Waals surface area contributed by atoms with Crippen LogP contribution < -0.4 is 5.32 Å². The van der Waals surface area contributed by atoms with Crippen LogP contribution in [-0.4, -0.2) is 37.1 Å². The van der Waals surface area contributed by atoms with Gasteiger partial charge in [0.1, 0.15) is 0 Å². The Morgan fingerprint density at radius 1 is 1.28 bits per heavy atom. The molecule has 2 heteroatoms. The zero-order chi connectivity index (χ0) is 13.8. The highest BCUT2D eigenvalue weighted by Crippen LogP contribution is 2.26. The molecule has 0 radical (unpaired) electrons. The second-order valence-electron chi connectivity index (χ2n) is 7.33. The lowest BCUT2D eigenvalue weighted by Crippen LogP contribution is -2.44. The van der Waals surface area contributed by atoms with Gasteiger partial charge in [-0.1, -0.05) is 48.0 Å². The summed E-state index contributed by atoms with van der Waals surface area (Å²) in [7, 11) is 0. The molecule has 1 rings (SSSR count). The minimum absolute atomic E-state index is 0.422. The van der Waals surface area contributed by atoms with Crippen LogP contribution in [0, 0.1) is 17.3 Å². The van der Waals surface area contributed by atoms with E-state index >= 15 is 0 Å². The van der Waals surface area contributed by atoms with Crippen molar-refractivity contribution in [2.45, 2.75) is 60.4 Å². The summed E-state index contributed by atoms with van der Waals surface area (Å²) in [5.41, 5.74) is 0.422. The van der Waals surface area contributed by atoms with E-state index in [-0.39, 0.29) is 0 Å². The van der Waals surface area contributed by atoms with Gasteiger partial charge in [-0.3, -0.25) is 0 Å². The Kier molecular flexibility index (Phi) is 6.13. The summed E-state index contributed by atoms with van der Waals surface area (Å²) in [4.78, 5) is 2.69. The summed E-state index contributed by atoms with van der Waals surface area (Å²) in [6.45, 7) is 19.1. The third kappa shape index (κ3) is 4.89. The van der Waals surface area contributed by atoms with E-state index in [1.807, 2.05) is 0 Å². The average Bonchev–Trinajstić information content (AvgIpc) is 2.52. The Balaban J connectivity index is 2.54. The van der Waals surface area contributed by atoms with Gasteiger partial charge < -0.3 is 10.2 Å². The van der Waals surface area contributed by atoms with Gasteiger partial charge in [-0.05, 0) is 36.8 Å². The summed E-state index contributed by atoms with van der Waals surface area (Å²) in [6, 6.07) is 0.685. The fraction of sp³-hybridized carbons (Fsp3) is 1.00. The maximum absolute atomic E-state index is 3.73. The summed E-state index contributed by atoms with van der Waals surface area (Å²) >= 11 is 0. The predicted molar refractivity (Wildman–Crippen MR) is 80.9 cm³/mol. The molecule has 0 aliphatic carbocycles. The molecular weight excluding hydrogens is 220 g/mol. The Hall–Kier alpha value is -0.0800. The Morgan fingerprint density at radius 2 is 1.94 bits per heavy atom. The van der Waals surface area contributed by atoms with Crippen LogP contribution in [0.2, 0.25) is 0 Å². The van der Waals surface area contributed by atoms with Crippen LogP contribution >= 0.6 is 0 Å². The lowest BCUT2D eigenvalue weighted by molar-refractivity contribution is 0.151. The first-order chi connectivity index (χ1) is 8.34. The molecule has 0 spiro atoms. The largest absolute Gasteiger partial charge is 0.312 e. The van der Waals surface area contributed by atoms with E-state index in [2.05, 4.69) is 51.8 Å². The van der Waals surface area contributed by atoms with Crippen molar-refractivity contribution >= 4 is 0 Å². The van der Waals surface area contributed by atoms with Crippen molar-refractivity contribution in [3.63, 3.8) is 0 Å². The van der Waals surface area contributed by atoms with Crippen molar-refractivity contribution in [1.29, 1.82) is 0 Å². The lowest BCUT2D eigenvalue weighted by Gasteiger charge is -2.34. The standard InChI is InChI=1S/C16H34N2/c1-7-13(2)15-12-18(10-8-9-17-15)11-14(3)16(4,5)6/h13-15,17H,7-12H2,1-6H3. The summed E-state index contributed by atoms with van der Waals surface area (Å²) in [6.07, 6.45) is 2.57. The van der Waals surface area contributed by atoms with Gasteiger partial charge in [-0.2, -0.15) is 0 Å². The van der Waals surface area contributed by atoms with Crippen LogP contribution in [0.5, 0.6) is 0 Å². The molecule has 0 amide bonds. The van der Waals surface area contributed by atoms with Gasteiger partial charge in [0.25, 0.3) is 0 Å². The highest BCUT2D eigenvalue weighted by Gasteiger charge is 2.26. The normalized spacial score (nSPS) is 26.7. The zero-order valence-corrected chi connectivity index (χ0v) is 13.4. The van der Waals surface area contributed by atoms with Gasteiger partial charge in [0.2, 0.25) is 0 Å². The molecule has 1 fully saturated rings. The van der Waals surface area contributed by atoms with Crippen LogP contribution in [0.25, 0.3) is 0 Å². The second kappa shape index (κ2) is 6.91. The molecule has 1 N–H and O–H groups in total. The van der Waals surface area contributed by atoms with Crippen LogP contribution in [-0.2, 0) is 0 Å². The van der Waals surface area contributed by atoms with E-state index in [0.717, 1.165) is 11.8 Å². The molecule has 1 aliphatic heterocycles. The fourth-order valence-electron chi connectivity index (χ4n) is 2.52. The lowest BCUT2D eigenvalue weighted by atomic mass is 9.81. The van der Waals surface area contributed by atoms with E-state index in [1.54, 1.807) is 0 Å². The molecular formula is C16H34N2. The average molecular weight is 254 g/mol. The Labute approximate surface area is 115 Å². The van der Waals surface area contributed by atoms with Crippen LogP contribution in [0.1, 0.15) is 54.4 Å². The van der Waals surface area contributed by atoms with Crippen molar-refractivity contribution in [3.05, 3.63) is 0 Å². The number of rotatable bonds is 4. The van der Waals surface area contributed by atoms with Gasteiger partial charge >= 0.3 is 0 Å². The first kappa shape index (κ1) is 16.0. The fourth-order valence-corrected chi connectivity index (χ4v) is 2.52. The number of hydrogen-bond acceptors (Lipinski definition) is 2. The molecule has 3 atom stereocenters. The SMILES string of the molecule is CCC(C)C1CN(CC(C)C(C)(C)C)CCCN1. The van der Waals surface area contributed by atoms with Gasteiger partial charge in [-0.25, -0.2) is 0 Å². The first-order valence-electron chi connectivity index (χ1n) is 7.80. The smallest absolute Gasteiger partial charge is 0.0220 e. The molecule has 0 aromatic rings. The summed E-state index contributed by atoms with van der Waals surface area (Å²) < 4.78 is 0. The molecule has 1 saturated heterocycles. The molecule has 108 valence electrons. The second-order valence-corrected chi connectivity index (χ2v) is 7.33. The highest BCUT2D eigenvalue weighted by molar-refractivity contribution is 4.82. The number of nitrogens with one attached hydrogen (secondary N) is 1. The molecule has 1 aliphatic rings. The Bertz CT molecular complexity index is 232. The van der Waals surface area contributed by atoms with Gasteiger partial charge in [0, 0.05) is 19.1 Å². The van der Waals surface area contributed by atoms with Crippen LogP contribution in [0.15, 0.2) is 0 Å². The number of nitrogens with zero attached hydrogens (tertiary/aromatic N) is 1. The molecule has 0 bridgehead atoms. The molecule has 0 aromatic heterocycles. The van der Waals surface area contributed by atoms with Gasteiger partial charge in [0.05, 0.1) is 0 Å². The monoisotopic (exact) mass is 254 g/mol. The van der Waals surface area contributed by atoms with E-state index in [9.17, 15) is 0 Å². The quantitative estimate of drug-likeness (QED) is 0.827. The summed E-state index contributed by atoms with van der Waals surface area (Å²) in [5, 5.41) is 3.73. The highest BCUT2D eigenvalue weighted by atomic mass is 15.2. The van der Waals surface area contributed by atoms with Gasteiger partial charge in [-0.15, -0.1) is 0 Å². The van der Waals surface area contributed by atoms with Crippen LogP contribution in [0.3, 0.4) is 0 Å². The molecule has 18 heavy (non-hydrogen) atoms. The van der Waals surface area contributed by atoms with Crippen molar-refractivity contribution in [2.75, 3.05) is 26.2 Å². The van der Waals surface area contributed by atoms with Crippen molar-refractivity contribution in [3.8, 4) is 0 Å². The van der Waals surface area contributed by atoms with E-state index in [0.29, 0.717) is 11.5 Å². The van der Waals surface area contributed by atoms with Crippen molar-refractivity contribution in [2.24, 2.45) is 17.3 Å². The van der Waals surface area contributed by atoms with Crippen LogP contribution in [0.4, 0.5) is 0 Å². The maximum Gasteiger partial charge on any atom is 0.0220 e. The maximum atomic E-state index is 3.73. The minimum Gasteiger partial charge on any atom is -0.312 e. The molecule has 2 nitrogen and oxygen atoms in total. The minimum atomic E-state index is 0.422. The third-order valence-electron chi connectivity index (χ3n) is 4.85. The third-order valence-corrected chi connectivity index (χ3v) is 4.85. The first-order valence-corrected chi connectivity index (χ1v) is 7.80. The van der Waals surface area contributed by atoms with Crippen molar-refractivity contribution < 1.29 is 0 Å². The topological polar surface area (TPSA) is 15.3 Å².